The summed E-state index contributed by atoms with van der Waals surface area (Å²) in [5.41, 5.74) is 8.80. The summed E-state index contributed by atoms with van der Waals surface area (Å²) in [5.74, 6) is 0.953. The third-order valence-corrected chi connectivity index (χ3v) is 3.28. The summed E-state index contributed by atoms with van der Waals surface area (Å²) in [4.78, 5) is 7.94. The number of nitrogens with two attached hydrogens (primary N) is 1. The molecule has 2 heterocycles. The van der Waals surface area contributed by atoms with Gasteiger partial charge in [0.1, 0.15) is 11.9 Å². The largest absolute Gasteiger partial charge is 0.370 e. The molecule has 0 saturated carbocycles. The van der Waals surface area contributed by atoms with Gasteiger partial charge in [0, 0.05) is 13.2 Å². The molecule has 4 nitrogen and oxygen atoms in total. The normalized spacial score (nSPS) is 20.9. The molecule has 1 atom stereocenters. The molecule has 1 fully saturated rings. The van der Waals surface area contributed by atoms with Gasteiger partial charge < -0.3 is 15.5 Å². The molecule has 1 aliphatic heterocycles. The van der Waals surface area contributed by atoms with Crippen LogP contribution in [0.3, 0.4) is 0 Å². The minimum atomic E-state index is 0.137. The average Bonchev–Trinajstić information content (AvgIpc) is 2.82. The van der Waals surface area contributed by atoms with Crippen LogP contribution in [0.5, 0.6) is 0 Å². The van der Waals surface area contributed by atoms with Crippen LogP contribution in [0, 0.1) is 0 Å². The van der Waals surface area contributed by atoms with E-state index in [0.717, 1.165) is 41.9 Å². The van der Waals surface area contributed by atoms with Gasteiger partial charge >= 0.3 is 0 Å². The highest BCUT2D eigenvalue weighted by Crippen LogP contribution is 2.27. The van der Waals surface area contributed by atoms with Crippen molar-refractivity contribution in [2.45, 2.75) is 31.9 Å². The van der Waals surface area contributed by atoms with E-state index in [9.17, 15) is 0 Å². The number of nitrogens with zero attached hydrogens (tertiary/aromatic N) is 1. The van der Waals surface area contributed by atoms with Crippen molar-refractivity contribution in [3.05, 3.63) is 29.6 Å². The molecule has 17 heavy (non-hydrogen) atoms. The maximum atomic E-state index is 5.73. The monoisotopic (exact) mass is 231 g/mol. The third-order valence-electron chi connectivity index (χ3n) is 3.28. The molecule has 90 valence electrons. The summed E-state index contributed by atoms with van der Waals surface area (Å²) in [7, 11) is 0. The van der Waals surface area contributed by atoms with E-state index >= 15 is 0 Å². The minimum Gasteiger partial charge on any atom is -0.370 e. The zero-order valence-corrected chi connectivity index (χ0v) is 9.78. The molecule has 0 spiro atoms. The molecule has 1 aliphatic rings. The molecule has 1 aromatic carbocycles. The van der Waals surface area contributed by atoms with Gasteiger partial charge in [-0.25, -0.2) is 4.98 Å². The lowest BCUT2D eigenvalue weighted by Crippen LogP contribution is -2.12. The van der Waals surface area contributed by atoms with Crippen LogP contribution in [-0.2, 0) is 11.3 Å². The fourth-order valence-corrected chi connectivity index (χ4v) is 2.31. The third kappa shape index (κ3) is 2.06. The van der Waals surface area contributed by atoms with Crippen molar-refractivity contribution < 1.29 is 4.74 Å². The Labute approximate surface area is 100 Å². The van der Waals surface area contributed by atoms with Gasteiger partial charge in [0.15, 0.2) is 0 Å². The van der Waals surface area contributed by atoms with E-state index in [2.05, 4.69) is 16.0 Å². The summed E-state index contributed by atoms with van der Waals surface area (Å²) >= 11 is 0. The highest BCUT2D eigenvalue weighted by molar-refractivity contribution is 5.75. The Morgan fingerprint density at radius 3 is 3.12 bits per heavy atom. The van der Waals surface area contributed by atoms with E-state index < -0.39 is 0 Å². The molecule has 0 amide bonds. The van der Waals surface area contributed by atoms with Gasteiger partial charge in [0.2, 0.25) is 0 Å². The Hall–Kier alpha value is -1.39. The SMILES string of the molecule is NCc1ccc2nc(C3CCCCO3)[nH]c2c1. The smallest absolute Gasteiger partial charge is 0.136 e. The van der Waals surface area contributed by atoms with Crippen LogP contribution < -0.4 is 5.73 Å². The first kappa shape index (κ1) is 10.7. The van der Waals surface area contributed by atoms with Crippen molar-refractivity contribution >= 4 is 11.0 Å². The first-order chi connectivity index (χ1) is 8.36. The molecule has 4 heteroatoms. The summed E-state index contributed by atoms with van der Waals surface area (Å²) in [6.07, 6.45) is 3.57. The van der Waals surface area contributed by atoms with Crippen LogP contribution in [0.15, 0.2) is 18.2 Å². The van der Waals surface area contributed by atoms with E-state index in [4.69, 9.17) is 10.5 Å². The second kappa shape index (κ2) is 4.47. The van der Waals surface area contributed by atoms with Gasteiger partial charge in [-0.1, -0.05) is 6.07 Å². The zero-order chi connectivity index (χ0) is 11.7. The highest BCUT2D eigenvalue weighted by Gasteiger charge is 2.19. The molecule has 2 aromatic rings. The molecule has 1 aromatic heterocycles. The van der Waals surface area contributed by atoms with Crippen LogP contribution in [0.4, 0.5) is 0 Å². The van der Waals surface area contributed by atoms with Gasteiger partial charge in [-0.2, -0.15) is 0 Å². The lowest BCUT2D eigenvalue weighted by atomic mass is 10.1. The van der Waals surface area contributed by atoms with E-state index in [-0.39, 0.29) is 6.10 Å². The van der Waals surface area contributed by atoms with Crippen LogP contribution in [0.2, 0.25) is 0 Å². The fourth-order valence-electron chi connectivity index (χ4n) is 2.31. The van der Waals surface area contributed by atoms with Crippen molar-refractivity contribution in [1.29, 1.82) is 0 Å². The molecule has 3 rings (SSSR count). The summed E-state index contributed by atoms with van der Waals surface area (Å²) < 4.78 is 5.73. The number of benzene rings is 1. The lowest BCUT2D eigenvalue weighted by Gasteiger charge is -2.20. The van der Waals surface area contributed by atoms with Crippen LogP contribution >= 0.6 is 0 Å². The maximum absolute atomic E-state index is 5.73. The number of aromatic nitrogens is 2. The fraction of sp³-hybridized carbons (Fsp3) is 0.462. The topological polar surface area (TPSA) is 63.9 Å². The quantitative estimate of drug-likeness (QED) is 0.833. The van der Waals surface area contributed by atoms with Gasteiger partial charge in [0.05, 0.1) is 11.0 Å². The van der Waals surface area contributed by atoms with Crippen molar-refractivity contribution in [1.82, 2.24) is 9.97 Å². The number of rotatable bonds is 2. The number of imidazole rings is 1. The van der Waals surface area contributed by atoms with Crippen molar-refractivity contribution in [2.75, 3.05) is 6.61 Å². The first-order valence-electron chi connectivity index (χ1n) is 6.17. The Morgan fingerprint density at radius 1 is 1.41 bits per heavy atom. The molecule has 0 bridgehead atoms. The number of ether oxygens (including phenoxy) is 1. The van der Waals surface area contributed by atoms with Crippen LogP contribution in [0.25, 0.3) is 11.0 Å². The van der Waals surface area contributed by atoms with Crippen molar-refractivity contribution in [3.63, 3.8) is 0 Å². The van der Waals surface area contributed by atoms with E-state index in [1.54, 1.807) is 0 Å². The van der Waals surface area contributed by atoms with Gasteiger partial charge in [-0.05, 0) is 37.0 Å². The van der Waals surface area contributed by atoms with Gasteiger partial charge in [0.25, 0.3) is 0 Å². The number of hydrogen-bond acceptors (Lipinski definition) is 3. The molecule has 0 aliphatic carbocycles. The summed E-state index contributed by atoms with van der Waals surface area (Å²) in [5, 5.41) is 0. The Kier molecular flexibility index (Phi) is 2.82. The van der Waals surface area contributed by atoms with Crippen molar-refractivity contribution in [2.24, 2.45) is 5.73 Å². The Balaban J connectivity index is 1.95. The summed E-state index contributed by atoms with van der Waals surface area (Å²) in [6.45, 7) is 1.40. The van der Waals surface area contributed by atoms with E-state index in [1.807, 2.05) is 12.1 Å². The zero-order valence-electron chi connectivity index (χ0n) is 9.78. The van der Waals surface area contributed by atoms with Gasteiger partial charge in [-0.3, -0.25) is 0 Å². The Morgan fingerprint density at radius 2 is 2.35 bits per heavy atom. The maximum Gasteiger partial charge on any atom is 0.136 e. The molecule has 3 N–H and O–H groups in total. The molecule has 0 radical (unpaired) electrons. The average molecular weight is 231 g/mol. The standard InChI is InChI=1S/C13H17N3O/c14-8-9-4-5-10-11(7-9)16-13(15-10)12-3-1-2-6-17-12/h4-5,7,12H,1-3,6,8,14H2,(H,15,16). The van der Waals surface area contributed by atoms with Crippen LogP contribution in [0.1, 0.15) is 36.8 Å². The molecule has 1 unspecified atom stereocenters. The highest BCUT2D eigenvalue weighted by atomic mass is 16.5. The molecule has 1 saturated heterocycles. The number of fused-ring (bicyclic) bond motifs is 1. The number of H-pyrrole nitrogens is 1. The molecular formula is C13H17N3O. The van der Waals surface area contributed by atoms with Crippen LogP contribution in [-0.4, -0.2) is 16.6 Å². The Bertz CT molecular complexity index is 514. The number of nitrogens with one attached hydrogen (secondary N) is 1. The lowest BCUT2D eigenvalue weighted by molar-refractivity contribution is 0.0101. The second-order valence-electron chi connectivity index (χ2n) is 4.53. The second-order valence-corrected chi connectivity index (χ2v) is 4.53. The minimum absolute atomic E-state index is 0.137. The van der Waals surface area contributed by atoms with E-state index in [1.165, 1.54) is 6.42 Å². The van der Waals surface area contributed by atoms with Gasteiger partial charge in [-0.15, -0.1) is 0 Å². The predicted molar refractivity (Wildman–Crippen MR) is 66.5 cm³/mol. The van der Waals surface area contributed by atoms with E-state index in [0.29, 0.717) is 6.54 Å². The number of hydrogen-bond donors (Lipinski definition) is 2. The molecular weight excluding hydrogens is 214 g/mol. The number of aromatic amines is 1. The summed E-state index contributed by atoms with van der Waals surface area (Å²) in [6, 6.07) is 6.10. The predicted octanol–water partition coefficient (Wildman–Crippen LogP) is 2.26. The van der Waals surface area contributed by atoms with Crippen molar-refractivity contribution in [3.8, 4) is 0 Å². The first-order valence-corrected chi connectivity index (χ1v) is 6.17.